The van der Waals surface area contributed by atoms with E-state index in [0.717, 1.165) is 10.9 Å². The summed E-state index contributed by atoms with van der Waals surface area (Å²) in [7, 11) is 0. The van der Waals surface area contributed by atoms with Crippen molar-refractivity contribution in [3.05, 3.63) is 36.0 Å². The summed E-state index contributed by atoms with van der Waals surface area (Å²) in [4.78, 5) is 69.2. The molecule has 16 heteroatoms. The third kappa shape index (κ3) is 11.8. The number of aromatic nitrogens is 1. The van der Waals surface area contributed by atoms with Crippen molar-refractivity contribution in [1.82, 2.24) is 20.9 Å². The van der Waals surface area contributed by atoms with Gasteiger partial charge in [0, 0.05) is 36.5 Å². The zero-order chi connectivity index (χ0) is 31.9. The number of nitrogens with two attached hydrogens (primary N) is 3. The minimum atomic E-state index is -1.28. The van der Waals surface area contributed by atoms with E-state index in [-0.39, 0.29) is 51.0 Å². The molecule has 3 amide bonds. The van der Waals surface area contributed by atoms with Gasteiger partial charge in [0.2, 0.25) is 17.7 Å². The van der Waals surface area contributed by atoms with E-state index in [1.165, 1.54) is 11.8 Å². The Kier molecular flexibility index (Phi) is 14.3. The fourth-order valence-corrected chi connectivity index (χ4v) is 4.70. The number of aromatic amines is 1. The summed E-state index contributed by atoms with van der Waals surface area (Å²) in [5.74, 6) is -4.17. The second-order valence-corrected chi connectivity index (χ2v) is 10.8. The summed E-state index contributed by atoms with van der Waals surface area (Å²) in [5, 5.41) is 27.3. The Morgan fingerprint density at radius 1 is 0.930 bits per heavy atom. The van der Waals surface area contributed by atoms with Gasteiger partial charge < -0.3 is 48.3 Å². The second-order valence-electron chi connectivity index (χ2n) is 9.85. The first-order valence-corrected chi connectivity index (χ1v) is 15.0. The van der Waals surface area contributed by atoms with E-state index in [2.05, 4.69) is 25.9 Å². The number of nitrogens with one attached hydrogen (secondary N) is 4. The van der Waals surface area contributed by atoms with Gasteiger partial charge >= 0.3 is 11.9 Å². The van der Waals surface area contributed by atoms with E-state index < -0.39 is 53.8 Å². The van der Waals surface area contributed by atoms with Crippen LogP contribution in [0.4, 0.5) is 0 Å². The average Bonchev–Trinajstić information content (AvgIpc) is 3.37. The summed E-state index contributed by atoms with van der Waals surface area (Å²) in [6.07, 6.45) is 3.58. The molecule has 0 aliphatic carbocycles. The molecule has 4 unspecified atom stereocenters. The molecule has 1 heterocycles. The first kappa shape index (κ1) is 34.9. The van der Waals surface area contributed by atoms with Gasteiger partial charge in [-0.1, -0.05) is 18.2 Å². The van der Waals surface area contributed by atoms with Crippen LogP contribution in [0, 0.1) is 0 Å². The number of carboxylic acid groups (broad SMARTS) is 2. The topological polar surface area (TPSA) is 268 Å². The van der Waals surface area contributed by atoms with E-state index >= 15 is 0 Å². The summed E-state index contributed by atoms with van der Waals surface area (Å²) >= 11 is 1.43. The number of para-hydroxylation sites is 1. The van der Waals surface area contributed by atoms with Crippen LogP contribution >= 0.6 is 11.8 Å². The minimum absolute atomic E-state index is 0.00594. The van der Waals surface area contributed by atoms with Crippen molar-refractivity contribution in [2.75, 3.05) is 18.6 Å². The van der Waals surface area contributed by atoms with Gasteiger partial charge in [-0.05, 0) is 49.3 Å². The molecule has 0 bridgehead atoms. The van der Waals surface area contributed by atoms with Crippen LogP contribution in [0.2, 0.25) is 0 Å². The highest BCUT2D eigenvalue weighted by atomic mass is 32.2. The molecule has 12 N–H and O–H groups in total. The van der Waals surface area contributed by atoms with Gasteiger partial charge in [0.15, 0.2) is 5.96 Å². The second kappa shape index (κ2) is 17.6. The number of guanidine groups is 1. The maximum atomic E-state index is 13.3. The van der Waals surface area contributed by atoms with Crippen molar-refractivity contribution < 1.29 is 34.2 Å². The first-order chi connectivity index (χ1) is 20.4. The predicted molar refractivity (Wildman–Crippen MR) is 163 cm³/mol. The standard InChI is InChI=1S/C27H40N8O7S/c1-43-12-10-20(25(40)35-21(26(41)42)13-15-14-32-18-6-3-2-5-16(15)18)34-24(39)19(7-4-11-31-27(29)30)33-23(38)17(28)8-9-22(36)37/h2-3,5-6,14,17,19-21,32H,4,7-13,28H2,1H3,(H,33,38)(H,34,39)(H,35,40)(H,36,37)(H,41,42)(H4,29,30,31). The van der Waals surface area contributed by atoms with E-state index in [1.807, 2.05) is 30.5 Å². The number of rotatable bonds is 19. The molecule has 0 saturated heterocycles. The number of carboxylic acids is 2. The lowest BCUT2D eigenvalue weighted by Crippen LogP contribution is -2.57. The van der Waals surface area contributed by atoms with Crippen molar-refractivity contribution >= 4 is 58.3 Å². The fourth-order valence-electron chi connectivity index (χ4n) is 4.23. The maximum Gasteiger partial charge on any atom is 0.326 e. The van der Waals surface area contributed by atoms with Crippen LogP contribution in [-0.2, 0) is 30.4 Å². The number of aliphatic carboxylic acids is 2. The number of fused-ring (bicyclic) bond motifs is 1. The highest BCUT2D eigenvalue weighted by Crippen LogP contribution is 2.19. The highest BCUT2D eigenvalue weighted by Gasteiger charge is 2.30. The van der Waals surface area contributed by atoms with E-state index in [4.69, 9.17) is 22.3 Å². The molecule has 0 spiro atoms. The number of amides is 3. The Morgan fingerprint density at radius 2 is 1.56 bits per heavy atom. The van der Waals surface area contributed by atoms with Gasteiger partial charge in [0.25, 0.3) is 0 Å². The van der Waals surface area contributed by atoms with Crippen LogP contribution in [0.3, 0.4) is 0 Å². The van der Waals surface area contributed by atoms with Crippen LogP contribution in [-0.4, -0.2) is 93.5 Å². The molecule has 15 nitrogen and oxygen atoms in total. The van der Waals surface area contributed by atoms with Gasteiger partial charge in [0.1, 0.15) is 18.1 Å². The normalized spacial score (nSPS) is 13.7. The summed E-state index contributed by atoms with van der Waals surface area (Å²) in [6, 6.07) is 2.66. The van der Waals surface area contributed by atoms with Crippen molar-refractivity contribution in [3.8, 4) is 0 Å². The molecule has 1 aromatic carbocycles. The number of benzene rings is 1. The number of hydrogen-bond donors (Lipinski definition) is 9. The molecule has 2 rings (SSSR count). The molecule has 0 saturated carbocycles. The highest BCUT2D eigenvalue weighted by molar-refractivity contribution is 7.98. The van der Waals surface area contributed by atoms with Crippen LogP contribution in [0.1, 0.15) is 37.7 Å². The molecule has 0 fully saturated rings. The van der Waals surface area contributed by atoms with Crippen LogP contribution in [0.25, 0.3) is 10.9 Å². The fraction of sp³-hybridized carbons (Fsp3) is 0.481. The number of aliphatic imine (C=N–C) groups is 1. The summed E-state index contributed by atoms with van der Waals surface area (Å²) in [5.41, 5.74) is 18.0. The number of hydrogen-bond acceptors (Lipinski definition) is 8. The molecule has 236 valence electrons. The number of carbonyl (C=O) groups is 5. The number of nitrogens with zero attached hydrogens (tertiary/aromatic N) is 1. The number of thioether (sulfide) groups is 1. The molecule has 0 aliphatic heterocycles. The Balaban J connectivity index is 2.17. The number of carbonyl (C=O) groups excluding carboxylic acids is 3. The molecular weight excluding hydrogens is 580 g/mol. The SMILES string of the molecule is CSCCC(NC(=O)C(CCCN=C(N)N)NC(=O)C(N)CCC(=O)O)C(=O)NC(Cc1c[nH]c2ccccc12)C(=O)O. The smallest absolute Gasteiger partial charge is 0.326 e. The van der Waals surface area contributed by atoms with E-state index in [0.29, 0.717) is 11.3 Å². The summed E-state index contributed by atoms with van der Waals surface area (Å²) < 4.78 is 0. The van der Waals surface area contributed by atoms with Crippen LogP contribution in [0.15, 0.2) is 35.5 Å². The van der Waals surface area contributed by atoms with E-state index in [1.54, 1.807) is 6.20 Å². The summed E-state index contributed by atoms with van der Waals surface area (Å²) in [6.45, 7) is 0.164. The van der Waals surface area contributed by atoms with Gasteiger partial charge in [-0.3, -0.25) is 24.2 Å². The van der Waals surface area contributed by atoms with Gasteiger partial charge in [-0.2, -0.15) is 11.8 Å². The van der Waals surface area contributed by atoms with Gasteiger partial charge in [0.05, 0.1) is 6.04 Å². The average molecular weight is 621 g/mol. The van der Waals surface area contributed by atoms with Crippen LogP contribution in [0.5, 0.6) is 0 Å². The largest absolute Gasteiger partial charge is 0.481 e. The molecule has 2 aromatic rings. The Morgan fingerprint density at radius 3 is 2.19 bits per heavy atom. The molecule has 0 aliphatic rings. The predicted octanol–water partition coefficient (Wildman–Crippen LogP) is -0.752. The Labute approximate surface area is 252 Å². The van der Waals surface area contributed by atoms with Crippen molar-refractivity contribution in [1.29, 1.82) is 0 Å². The van der Waals surface area contributed by atoms with Gasteiger partial charge in [-0.25, -0.2) is 4.79 Å². The lowest BCUT2D eigenvalue weighted by Gasteiger charge is -2.25. The van der Waals surface area contributed by atoms with Gasteiger partial charge in [-0.15, -0.1) is 0 Å². The lowest BCUT2D eigenvalue weighted by molar-refractivity contribution is -0.142. The quantitative estimate of drug-likeness (QED) is 0.0535. The van der Waals surface area contributed by atoms with Crippen molar-refractivity contribution in [3.63, 3.8) is 0 Å². The van der Waals surface area contributed by atoms with Crippen LogP contribution < -0.4 is 33.2 Å². The minimum Gasteiger partial charge on any atom is -0.481 e. The zero-order valence-corrected chi connectivity index (χ0v) is 24.7. The molecule has 43 heavy (non-hydrogen) atoms. The molecule has 0 radical (unpaired) electrons. The zero-order valence-electron chi connectivity index (χ0n) is 23.9. The lowest BCUT2D eigenvalue weighted by atomic mass is 10.0. The van der Waals surface area contributed by atoms with Crippen molar-refractivity contribution in [2.24, 2.45) is 22.2 Å². The van der Waals surface area contributed by atoms with Crippen molar-refractivity contribution in [2.45, 2.75) is 62.7 Å². The maximum absolute atomic E-state index is 13.3. The number of H-pyrrole nitrogens is 1. The third-order valence-electron chi connectivity index (χ3n) is 6.54. The molecule has 4 atom stereocenters. The Hall–Kier alpha value is -4.31. The molecule has 1 aromatic heterocycles. The third-order valence-corrected chi connectivity index (χ3v) is 7.19. The Bertz CT molecular complexity index is 1300. The first-order valence-electron chi connectivity index (χ1n) is 13.6. The van der Waals surface area contributed by atoms with E-state index in [9.17, 15) is 29.1 Å². The monoisotopic (exact) mass is 620 g/mol. The molecular formula is C27H40N8O7S.